The van der Waals surface area contributed by atoms with Gasteiger partial charge in [0.1, 0.15) is 5.75 Å². The number of fused-ring (bicyclic) bond motifs is 1. The van der Waals surface area contributed by atoms with Crippen LogP contribution < -0.4 is 10.1 Å². The molecule has 3 aromatic rings. The lowest BCUT2D eigenvalue weighted by Gasteiger charge is -2.37. The first kappa shape index (κ1) is 22.0. The van der Waals surface area contributed by atoms with Crippen LogP contribution in [-0.2, 0) is 24.1 Å². The molecule has 168 valence electrons. The second kappa shape index (κ2) is 9.08. The number of aromatic nitrogens is 1. The molecule has 1 amide bonds. The highest BCUT2D eigenvalue weighted by Gasteiger charge is 2.31. The SMILES string of the molecule is COc1cccc(C2c3cccn3CCN2CC(=O)NCc2cccc(C(F)(F)F)c2)c1. The molecule has 8 heteroatoms. The van der Waals surface area contributed by atoms with E-state index < -0.39 is 11.7 Å². The second-order valence-electron chi connectivity index (χ2n) is 7.75. The summed E-state index contributed by atoms with van der Waals surface area (Å²) in [7, 11) is 1.61. The third kappa shape index (κ3) is 4.80. The Hall–Kier alpha value is -3.26. The van der Waals surface area contributed by atoms with Crippen molar-refractivity contribution in [3.63, 3.8) is 0 Å². The maximum atomic E-state index is 12.9. The molecule has 32 heavy (non-hydrogen) atoms. The Morgan fingerprint density at radius 1 is 1.09 bits per heavy atom. The molecule has 0 bridgehead atoms. The van der Waals surface area contributed by atoms with Gasteiger partial charge in [-0.25, -0.2) is 0 Å². The lowest BCUT2D eigenvalue weighted by Crippen LogP contribution is -2.44. The van der Waals surface area contributed by atoms with Gasteiger partial charge in [-0.15, -0.1) is 0 Å². The largest absolute Gasteiger partial charge is 0.497 e. The third-order valence-electron chi connectivity index (χ3n) is 5.64. The van der Waals surface area contributed by atoms with E-state index in [-0.39, 0.29) is 25.0 Å². The summed E-state index contributed by atoms with van der Waals surface area (Å²) in [6.45, 7) is 1.59. The van der Waals surface area contributed by atoms with Gasteiger partial charge in [0.15, 0.2) is 0 Å². The molecular formula is C24H24F3N3O2. The molecule has 0 aliphatic carbocycles. The van der Waals surface area contributed by atoms with Crippen molar-refractivity contribution in [2.45, 2.75) is 25.3 Å². The Kier molecular flexibility index (Phi) is 6.23. The molecule has 0 radical (unpaired) electrons. The van der Waals surface area contributed by atoms with Crippen molar-refractivity contribution in [2.75, 3.05) is 20.2 Å². The molecule has 1 aliphatic heterocycles. The zero-order chi connectivity index (χ0) is 22.7. The van der Waals surface area contributed by atoms with Gasteiger partial charge in [0.2, 0.25) is 5.91 Å². The van der Waals surface area contributed by atoms with Gasteiger partial charge in [-0.1, -0.05) is 24.3 Å². The number of nitrogens with one attached hydrogen (secondary N) is 1. The van der Waals surface area contributed by atoms with Gasteiger partial charge in [-0.2, -0.15) is 13.2 Å². The molecule has 5 nitrogen and oxygen atoms in total. The van der Waals surface area contributed by atoms with Crippen LogP contribution >= 0.6 is 0 Å². The van der Waals surface area contributed by atoms with Crippen molar-refractivity contribution in [1.82, 2.24) is 14.8 Å². The number of methoxy groups -OCH3 is 1. The molecule has 4 rings (SSSR count). The van der Waals surface area contributed by atoms with Crippen molar-refractivity contribution in [3.8, 4) is 5.75 Å². The number of ether oxygens (including phenoxy) is 1. The van der Waals surface area contributed by atoms with Crippen LogP contribution in [0.3, 0.4) is 0 Å². The van der Waals surface area contributed by atoms with Gasteiger partial charge < -0.3 is 14.6 Å². The average Bonchev–Trinajstić information content (AvgIpc) is 3.26. The first-order valence-electron chi connectivity index (χ1n) is 10.3. The van der Waals surface area contributed by atoms with Crippen LogP contribution in [-0.4, -0.2) is 35.6 Å². The number of carbonyl (C=O) groups is 1. The molecule has 1 N–H and O–H groups in total. The Morgan fingerprint density at radius 3 is 2.69 bits per heavy atom. The van der Waals surface area contributed by atoms with E-state index in [1.54, 1.807) is 13.2 Å². The lowest BCUT2D eigenvalue weighted by molar-refractivity contribution is -0.137. The Morgan fingerprint density at radius 2 is 1.91 bits per heavy atom. The predicted molar refractivity (Wildman–Crippen MR) is 114 cm³/mol. The smallest absolute Gasteiger partial charge is 0.416 e. The van der Waals surface area contributed by atoms with Crippen LogP contribution in [0, 0.1) is 0 Å². The molecule has 0 saturated carbocycles. The highest BCUT2D eigenvalue weighted by atomic mass is 19.4. The number of nitrogens with zero attached hydrogens (tertiary/aromatic N) is 2. The molecular weight excluding hydrogens is 419 g/mol. The summed E-state index contributed by atoms with van der Waals surface area (Å²) >= 11 is 0. The summed E-state index contributed by atoms with van der Waals surface area (Å²) in [6.07, 6.45) is -2.39. The summed E-state index contributed by atoms with van der Waals surface area (Å²) in [4.78, 5) is 14.8. The normalized spacial score (nSPS) is 16.4. The minimum absolute atomic E-state index is 0.0385. The van der Waals surface area contributed by atoms with Crippen molar-refractivity contribution >= 4 is 5.91 Å². The number of carbonyl (C=O) groups excluding carboxylic acids is 1. The molecule has 0 spiro atoms. The van der Waals surface area contributed by atoms with Gasteiger partial charge >= 0.3 is 6.18 Å². The summed E-state index contributed by atoms with van der Waals surface area (Å²) in [5, 5.41) is 2.76. The topological polar surface area (TPSA) is 46.5 Å². The second-order valence-corrected chi connectivity index (χ2v) is 7.75. The Bertz CT molecular complexity index is 1090. The maximum Gasteiger partial charge on any atom is 0.416 e. The maximum absolute atomic E-state index is 12.9. The van der Waals surface area contributed by atoms with Crippen LogP contribution in [0.15, 0.2) is 66.9 Å². The van der Waals surface area contributed by atoms with Gasteiger partial charge in [0, 0.05) is 31.5 Å². The fourth-order valence-corrected chi connectivity index (χ4v) is 4.09. The molecule has 1 unspecified atom stereocenters. The molecule has 1 atom stereocenters. The first-order chi connectivity index (χ1) is 15.3. The third-order valence-corrected chi connectivity index (χ3v) is 5.64. The number of alkyl halides is 3. The van der Waals surface area contributed by atoms with E-state index in [4.69, 9.17) is 4.74 Å². The number of rotatable bonds is 6. The van der Waals surface area contributed by atoms with Crippen molar-refractivity contribution in [2.24, 2.45) is 0 Å². The summed E-state index contributed by atoms with van der Waals surface area (Å²) in [6, 6.07) is 16.7. The quantitative estimate of drug-likeness (QED) is 0.620. The zero-order valence-electron chi connectivity index (χ0n) is 17.6. The van der Waals surface area contributed by atoms with E-state index in [0.29, 0.717) is 12.1 Å². The molecule has 2 aromatic carbocycles. The van der Waals surface area contributed by atoms with E-state index in [0.717, 1.165) is 35.7 Å². The minimum atomic E-state index is -4.41. The zero-order valence-corrected chi connectivity index (χ0v) is 17.6. The molecule has 1 aromatic heterocycles. The summed E-state index contributed by atoms with van der Waals surface area (Å²) in [5.74, 6) is 0.496. The van der Waals surface area contributed by atoms with E-state index >= 15 is 0 Å². The monoisotopic (exact) mass is 443 g/mol. The number of amides is 1. The fourth-order valence-electron chi connectivity index (χ4n) is 4.09. The van der Waals surface area contributed by atoms with Crippen LogP contribution in [0.25, 0.3) is 0 Å². The molecule has 0 fully saturated rings. The Labute approximate surface area is 184 Å². The van der Waals surface area contributed by atoms with E-state index in [1.807, 2.05) is 42.6 Å². The van der Waals surface area contributed by atoms with Gasteiger partial charge in [0.05, 0.1) is 25.3 Å². The van der Waals surface area contributed by atoms with Gasteiger partial charge in [0.25, 0.3) is 0 Å². The van der Waals surface area contributed by atoms with Crippen LogP contribution in [0.2, 0.25) is 0 Å². The summed E-state index contributed by atoms with van der Waals surface area (Å²) < 4.78 is 46.3. The fraction of sp³-hybridized carbons (Fsp3) is 0.292. The molecule has 0 saturated heterocycles. The van der Waals surface area contributed by atoms with Crippen molar-refractivity contribution in [3.05, 3.63) is 89.2 Å². The Balaban J connectivity index is 1.48. The highest BCUT2D eigenvalue weighted by Crippen LogP contribution is 2.33. The van der Waals surface area contributed by atoms with Gasteiger partial charge in [-0.3, -0.25) is 9.69 Å². The molecule has 1 aliphatic rings. The van der Waals surface area contributed by atoms with E-state index in [2.05, 4.69) is 14.8 Å². The number of halogens is 3. The van der Waals surface area contributed by atoms with Crippen LogP contribution in [0.5, 0.6) is 5.75 Å². The van der Waals surface area contributed by atoms with Crippen LogP contribution in [0.4, 0.5) is 13.2 Å². The van der Waals surface area contributed by atoms with E-state index in [1.165, 1.54) is 6.07 Å². The van der Waals surface area contributed by atoms with Crippen molar-refractivity contribution in [1.29, 1.82) is 0 Å². The molecule has 2 heterocycles. The highest BCUT2D eigenvalue weighted by molar-refractivity contribution is 5.78. The standard InChI is InChI=1S/C24H24F3N3O2/c1-32-20-8-3-6-18(14-20)23-21-9-4-10-29(21)11-12-30(23)16-22(31)28-15-17-5-2-7-19(13-17)24(25,26)27/h2-10,13-14,23H,11-12,15-16H2,1H3,(H,28,31). The number of hydrogen-bond donors (Lipinski definition) is 1. The first-order valence-corrected chi connectivity index (χ1v) is 10.3. The van der Waals surface area contributed by atoms with E-state index in [9.17, 15) is 18.0 Å². The van der Waals surface area contributed by atoms with Crippen LogP contribution in [0.1, 0.15) is 28.4 Å². The average molecular weight is 443 g/mol. The van der Waals surface area contributed by atoms with Crippen molar-refractivity contribution < 1.29 is 22.7 Å². The summed E-state index contributed by atoms with van der Waals surface area (Å²) in [5.41, 5.74) is 1.77. The number of hydrogen-bond acceptors (Lipinski definition) is 3. The van der Waals surface area contributed by atoms with Gasteiger partial charge in [-0.05, 0) is 47.5 Å². The minimum Gasteiger partial charge on any atom is -0.497 e. The number of benzene rings is 2. The predicted octanol–water partition coefficient (Wildman–Crippen LogP) is 4.24. The lowest BCUT2D eigenvalue weighted by atomic mass is 9.99.